The number of carbonyl (C=O) groups excluding carboxylic acids is 1. The van der Waals surface area contributed by atoms with Crippen molar-refractivity contribution in [2.75, 3.05) is 19.0 Å². The minimum atomic E-state index is -0.236. The molecule has 17 heavy (non-hydrogen) atoms. The van der Waals surface area contributed by atoms with Gasteiger partial charge in [-0.1, -0.05) is 0 Å². The van der Waals surface area contributed by atoms with E-state index in [9.17, 15) is 4.79 Å². The molecular formula is C12H17N3O2. The molecule has 5 heteroatoms. The van der Waals surface area contributed by atoms with Crippen LogP contribution in [0.25, 0.3) is 0 Å². The molecule has 0 saturated carbocycles. The van der Waals surface area contributed by atoms with Crippen LogP contribution in [0.5, 0.6) is 0 Å². The van der Waals surface area contributed by atoms with Gasteiger partial charge in [-0.2, -0.15) is 5.26 Å². The molecule has 92 valence electrons. The van der Waals surface area contributed by atoms with Crippen LogP contribution in [-0.2, 0) is 15.1 Å². The van der Waals surface area contributed by atoms with Crippen LogP contribution in [0.4, 0.5) is 5.82 Å². The van der Waals surface area contributed by atoms with Gasteiger partial charge in [0.2, 0.25) is 0 Å². The zero-order chi connectivity index (χ0) is 13.1. The minimum absolute atomic E-state index is 0.00277. The van der Waals surface area contributed by atoms with Crippen molar-refractivity contribution in [2.24, 2.45) is 0 Å². The van der Waals surface area contributed by atoms with Crippen molar-refractivity contribution in [1.29, 1.82) is 5.26 Å². The number of hydrogen-bond donors (Lipinski definition) is 1. The highest BCUT2D eigenvalue weighted by Crippen LogP contribution is 2.23. The summed E-state index contributed by atoms with van der Waals surface area (Å²) in [4.78, 5) is 11.5. The van der Waals surface area contributed by atoms with Crippen molar-refractivity contribution in [1.82, 2.24) is 4.57 Å². The first kappa shape index (κ1) is 13.3. The van der Waals surface area contributed by atoms with E-state index in [1.165, 1.54) is 7.11 Å². The Kier molecular flexibility index (Phi) is 3.92. The molecule has 0 aliphatic heterocycles. The number of amides is 1. The van der Waals surface area contributed by atoms with Crippen molar-refractivity contribution in [3.63, 3.8) is 0 Å². The molecular weight excluding hydrogens is 218 g/mol. The largest absolute Gasteiger partial charge is 0.375 e. The Labute approximate surface area is 101 Å². The Balaban J connectivity index is 3.02. The van der Waals surface area contributed by atoms with Crippen molar-refractivity contribution in [2.45, 2.75) is 26.3 Å². The third-order valence-corrected chi connectivity index (χ3v) is 2.21. The molecule has 0 bridgehead atoms. The van der Waals surface area contributed by atoms with Crippen molar-refractivity contribution < 1.29 is 9.53 Å². The number of aromatic nitrogens is 1. The molecule has 0 fully saturated rings. The smallest absolute Gasteiger partial charge is 0.251 e. The summed E-state index contributed by atoms with van der Waals surface area (Å²) in [5.74, 6) is 0.372. The lowest BCUT2D eigenvalue weighted by molar-refractivity contribution is -0.119. The normalized spacial score (nSPS) is 11.0. The second-order valence-corrected chi connectivity index (χ2v) is 4.75. The summed E-state index contributed by atoms with van der Waals surface area (Å²) in [6.45, 7) is 6.00. The van der Waals surface area contributed by atoms with E-state index < -0.39 is 0 Å². The highest BCUT2D eigenvalue weighted by atomic mass is 16.5. The monoisotopic (exact) mass is 235 g/mol. The van der Waals surface area contributed by atoms with Gasteiger partial charge in [0.05, 0.1) is 5.56 Å². The number of ether oxygens (including phenoxy) is 1. The lowest BCUT2D eigenvalue weighted by Gasteiger charge is -2.24. The van der Waals surface area contributed by atoms with Gasteiger partial charge in [-0.15, -0.1) is 0 Å². The van der Waals surface area contributed by atoms with Crippen molar-refractivity contribution >= 4 is 11.7 Å². The third-order valence-electron chi connectivity index (χ3n) is 2.21. The number of nitrogens with one attached hydrogen (secondary N) is 1. The van der Waals surface area contributed by atoms with E-state index in [2.05, 4.69) is 11.4 Å². The summed E-state index contributed by atoms with van der Waals surface area (Å²) in [6.07, 6.45) is 1.72. The molecule has 0 saturated heterocycles. The molecule has 0 unspecified atom stereocenters. The Morgan fingerprint density at radius 3 is 2.71 bits per heavy atom. The molecule has 0 aliphatic rings. The van der Waals surface area contributed by atoms with Gasteiger partial charge in [-0.05, 0) is 26.8 Å². The molecule has 1 heterocycles. The maximum Gasteiger partial charge on any atom is 0.251 e. The summed E-state index contributed by atoms with van der Waals surface area (Å²) in [5.41, 5.74) is 0.317. The van der Waals surface area contributed by atoms with Crippen LogP contribution in [0.2, 0.25) is 0 Å². The van der Waals surface area contributed by atoms with E-state index in [0.29, 0.717) is 11.4 Å². The van der Waals surface area contributed by atoms with Gasteiger partial charge in [0.1, 0.15) is 18.5 Å². The molecule has 1 aromatic heterocycles. The number of hydrogen-bond acceptors (Lipinski definition) is 3. The summed E-state index contributed by atoms with van der Waals surface area (Å²) in [6, 6.07) is 3.71. The molecule has 5 nitrogen and oxygen atoms in total. The van der Waals surface area contributed by atoms with Crippen LogP contribution in [-0.4, -0.2) is 24.2 Å². The van der Waals surface area contributed by atoms with E-state index in [1.807, 2.05) is 25.3 Å². The fourth-order valence-electron chi connectivity index (χ4n) is 1.49. The van der Waals surface area contributed by atoms with Crippen LogP contribution in [0.1, 0.15) is 26.3 Å². The summed E-state index contributed by atoms with van der Waals surface area (Å²) >= 11 is 0. The average molecular weight is 235 g/mol. The van der Waals surface area contributed by atoms with Crippen LogP contribution in [0, 0.1) is 11.3 Å². The van der Waals surface area contributed by atoms with Gasteiger partial charge in [0.25, 0.3) is 5.91 Å². The van der Waals surface area contributed by atoms with Gasteiger partial charge in [0, 0.05) is 18.8 Å². The van der Waals surface area contributed by atoms with Gasteiger partial charge in [-0.25, -0.2) is 0 Å². The molecule has 0 aliphatic carbocycles. The van der Waals surface area contributed by atoms with Crippen LogP contribution < -0.4 is 5.32 Å². The minimum Gasteiger partial charge on any atom is -0.375 e. The molecule has 1 aromatic rings. The van der Waals surface area contributed by atoms with Crippen LogP contribution in [0.15, 0.2) is 12.3 Å². The number of rotatable bonds is 3. The highest BCUT2D eigenvalue weighted by molar-refractivity contribution is 5.91. The number of nitriles is 1. The van der Waals surface area contributed by atoms with Crippen molar-refractivity contribution in [3.05, 3.63) is 17.8 Å². The Morgan fingerprint density at radius 1 is 1.59 bits per heavy atom. The molecule has 0 radical (unpaired) electrons. The topological polar surface area (TPSA) is 67.0 Å². The second-order valence-electron chi connectivity index (χ2n) is 4.75. The number of anilines is 1. The second kappa shape index (κ2) is 5.02. The summed E-state index contributed by atoms with van der Waals surface area (Å²) in [7, 11) is 1.46. The number of methoxy groups -OCH3 is 1. The average Bonchev–Trinajstić information content (AvgIpc) is 2.60. The van der Waals surface area contributed by atoms with Gasteiger partial charge in [-0.3, -0.25) is 4.79 Å². The molecule has 0 spiro atoms. The van der Waals surface area contributed by atoms with Crippen LogP contribution >= 0.6 is 0 Å². The SMILES string of the molecule is COCC(=O)Nc1cc(C#N)cn1C(C)(C)C. The molecule has 0 aromatic carbocycles. The van der Waals surface area contributed by atoms with Gasteiger partial charge < -0.3 is 14.6 Å². The number of nitrogens with zero attached hydrogens (tertiary/aromatic N) is 2. The van der Waals surface area contributed by atoms with E-state index in [0.717, 1.165) is 0 Å². The first-order valence-corrected chi connectivity index (χ1v) is 5.30. The van der Waals surface area contributed by atoms with Gasteiger partial charge in [0.15, 0.2) is 0 Å². The Morgan fingerprint density at radius 2 is 2.24 bits per heavy atom. The molecule has 1 rings (SSSR count). The van der Waals surface area contributed by atoms with Crippen molar-refractivity contribution in [3.8, 4) is 6.07 Å². The quantitative estimate of drug-likeness (QED) is 0.867. The highest BCUT2D eigenvalue weighted by Gasteiger charge is 2.18. The fourth-order valence-corrected chi connectivity index (χ4v) is 1.49. The maximum atomic E-state index is 11.5. The van der Waals surface area contributed by atoms with Gasteiger partial charge >= 0.3 is 0 Å². The van der Waals surface area contributed by atoms with E-state index in [1.54, 1.807) is 12.3 Å². The maximum absolute atomic E-state index is 11.5. The van der Waals surface area contributed by atoms with Crippen LogP contribution in [0.3, 0.4) is 0 Å². The first-order chi connectivity index (χ1) is 7.88. The zero-order valence-corrected chi connectivity index (χ0v) is 10.6. The van der Waals surface area contributed by atoms with E-state index >= 15 is 0 Å². The third kappa shape index (κ3) is 3.33. The Bertz CT molecular complexity index is 449. The predicted molar refractivity (Wildman–Crippen MR) is 64.6 cm³/mol. The zero-order valence-electron chi connectivity index (χ0n) is 10.6. The predicted octanol–water partition coefficient (Wildman–Crippen LogP) is 1.70. The first-order valence-electron chi connectivity index (χ1n) is 5.30. The molecule has 1 N–H and O–H groups in total. The standard InChI is InChI=1S/C12H17N3O2/c1-12(2,3)15-7-9(6-13)5-10(15)14-11(16)8-17-4/h5,7H,8H2,1-4H3,(H,14,16). The lowest BCUT2D eigenvalue weighted by Crippen LogP contribution is -2.26. The fraction of sp³-hybridized carbons (Fsp3) is 0.500. The van der Waals surface area contributed by atoms with E-state index in [4.69, 9.17) is 10.00 Å². The van der Waals surface area contributed by atoms with E-state index in [-0.39, 0.29) is 18.1 Å². The lowest BCUT2D eigenvalue weighted by atomic mass is 10.1. The summed E-state index contributed by atoms with van der Waals surface area (Å²) in [5, 5.41) is 11.6. The molecule has 1 amide bonds. The molecule has 0 atom stereocenters. The Hall–Kier alpha value is -1.80. The summed E-state index contributed by atoms with van der Waals surface area (Å²) < 4.78 is 6.61. The number of carbonyl (C=O) groups is 1.